The fourth-order valence-corrected chi connectivity index (χ4v) is 3.92. The highest BCUT2D eigenvalue weighted by Crippen LogP contribution is 2.39. The van der Waals surface area contributed by atoms with Crippen LogP contribution in [-0.2, 0) is 4.74 Å². The molecule has 0 radical (unpaired) electrons. The van der Waals surface area contributed by atoms with Crippen molar-refractivity contribution in [2.45, 2.75) is 19.4 Å². The molecule has 0 saturated heterocycles. The molecule has 0 fully saturated rings. The lowest BCUT2D eigenvalue weighted by molar-refractivity contribution is 0.175. The van der Waals surface area contributed by atoms with Gasteiger partial charge in [0.2, 0.25) is 0 Å². The second-order valence-electron chi connectivity index (χ2n) is 7.76. The Hall–Kier alpha value is -4.07. The van der Waals surface area contributed by atoms with Crippen LogP contribution < -0.4 is 20.3 Å². The highest BCUT2D eigenvalue weighted by atomic mass is 19.1. The molecule has 2 aliphatic rings. The standard InChI is InChI=1S/C25H24FN3O4/c1-16-15-28(24(30)33-19-11-9-18(26)10-12-19)23-14-17(20-6-4-3-5-7-21(20)27)8-13-22(23)29(16)25(31)32-2/h3-6,8-14,16H,7,15,27H2,1-2H3. The molecule has 2 amide bonds. The minimum absolute atomic E-state index is 0.178. The number of hydrogen-bond donors (Lipinski definition) is 1. The summed E-state index contributed by atoms with van der Waals surface area (Å²) in [7, 11) is 1.31. The van der Waals surface area contributed by atoms with Crippen molar-refractivity contribution in [3.8, 4) is 5.75 Å². The van der Waals surface area contributed by atoms with Crippen LogP contribution in [0.15, 0.2) is 72.5 Å². The van der Waals surface area contributed by atoms with E-state index in [1.54, 1.807) is 12.1 Å². The number of carbonyl (C=O) groups excluding carboxylic acids is 2. The number of nitrogens with zero attached hydrogens (tertiary/aromatic N) is 2. The smallest absolute Gasteiger partial charge is 0.419 e. The van der Waals surface area contributed by atoms with Crippen LogP contribution in [0.2, 0.25) is 0 Å². The monoisotopic (exact) mass is 449 g/mol. The highest BCUT2D eigenvalue weighted by Gasteiger charge is 2.36. The van der Waals surface area contributed by atoms with E-state index >= 15 is 0 Å². The summed E-state index contributed by atoms with van der Waals surface area (Å²) in [6.45, 7) is 1.99. The van der Waals surface area contributed by atoms with Crippen LogP contribution in [0.25, 0.3) is 5.57 Å². The Morgan fingerprint density at radius 1 is 1.06 bits per heavy atom. The SMILES string of the molecule is COC(=O)N1c2ccc(C3=C(N)CC=CC=C3)cc2N(C(=O)Oc2ccc(F)cc2)CC1C. The van der Waals surface area contributed by atoms with E-state index in [9.17, 15) is 14.0 Å². The lowest BCUT2D eigenvalue weighted by Crippen LogP contribution is -2.52. The second kappa shape index (κ2) is 9.20. The molecule has 1 atom stereocenters. The Morgan fingerprint density at radius 3 is 2.55 bits per heavy atom. The van der Waals surface area contributed by atoms with Gasteiger partial charge in [-0.15, -0.1) is 0 Å². The van der Waals surface area contributed by atoms with Crippen molar-refractivity contribution in [1.29, 1.82) is 0 Å². The largest absolute Gasteiger partial charge is 0.452 e. The Kier molecular flexibility index (Phi) is 6.17. The number of carbonyl (C=O) groups is 2. The van der Waals surface area contributed by atoms with Gasteiger partial charge < -0.3 is 15.2 Å². The summed E-state index contributed by atoms with van der Waals surface area (Å²) in [6.07, 6.45) is 7.12. The van der Waals surface area contributed by atoms with Gasteiger partial charge in [0, 0.05) is 17.7 Å². The first-order valence-electron chi connectivity index (χ1n) is 10.5. The number of ether oxygens (including phenoxy) is 2. The molecular weight excluding hydrogens is 425 g/mol. The third-order valence-electron chi connectivity index (χ3n) is 5.53. The summed E-state index contributed by atoms with van der Waals surface area (Å²) in [5.74, 6) is -0.214. The van der Waals surface area contributed by atoms with Crippen LogP contribution in [0.3, 0.4) is 0 Å². The summed E-state index contributed by atoms with van der Waals surface area (Å²) in [5, 5.41) is 0. The average molecular weight is 449 g/mol. The Bertz CT molecular complexity index is 1170. The molecule has 0 bridgehead atoms. The molecule has 0 saturated carbocycles. The minimum atomic E-state index is -0.642. The zero-order valence-electron chi connectivity index (χ0n) is 18.3. The topological polar surface area (TPSA) is 85.1 Å². The molecule has 2 N–H and O–H groups in total. The van der Waals surface area contributed by atoms with Gasteiger partial charge in [-0.3, -0.25) is 9.80 Å². The van der Waals surface area contributed by atoms with Gasteiger partial charge >= 0.3 is 12.2 Å². The number of amides is 2. The summed E-state index contributed by atoms with van der Waals surface area (Å²) in [6, 6.07) is 10.3. The highest BCUT2D eigenvalue weighted by molar-refractivity contribution is 6.02. The van der Waals surface area contributed by atoms with Crippen molar-refractivity contribution in [3.63, 3.8) is 0 Å². The third-order valence-corrected chi connectivity index (χ3v) is 5.53. The van der Waals surface area contributed by atoms with Crippen LogP contribution in [-0.4, -0.2) is 31.9 Å². The predicted octanol–water partition coefficient (Wildman–Crippen LogP) is 4.99. The zero-order valence-corrected chi connectivity index (χ0v) is 18.3. The normalized spacial score (nSPS) is 17.5. The quantitative estimate of drug-likeness (QED) is 0.698. The van der Waals surface area contributed by atoms with Crippen molar-refractivity contribution in [2.24, 2.45) is 5.73 Å². The third kappa shape index (κ3) is 4.45. The number of anilines is 2. The van der Waals surface area contributed by atoms with Crippen LogP contribution in [0.4, 0.5) is 25.4 Å². The molecule has 7 nitrogen and oxygen atoms in total. The molecule has 1 unspecified atom stereocenters. The fraction of sp³-hybridized carbons (Fsp3) is 0.200. The van der Waals surface area contributed by atoms with E-state index in [2.05, 4.69) is 0 Å². The van der Waals surface area contributed by atoms with Crippen molar-refractivity contribution >= 4 is 29.1 Å². The van der Waals surface area contributed by atoms with Crippen molar-refractivity contribution in [3.05, 3.63) is 83.8 Å². The second-order valence-corrected chi connectivity index (χ2v) is 7.76. The van der Waals surface area contributed by atoms with Gasteiger partial charge in [0.05, 0.1) is 31.1 Å². The molecule has 2 aromatic carbocycles. The first-order chi connectivity index (χ1) is 15.9. The van der Waals surface area contributed by atoms with E-state index < -0.39 is 18.0 Å². The first-order valence-corrected chi connectivity index (χ1v) is 10.5. The number of allylic oxidation sites excluding steroid dienone is 5. The summed E-state index contributed by atoms with van der Waals surface area (Å²) in [5.41, 5.74) is 9.58. The van der Waals surface area contributed by atoms with Crippen LogP contribution in [0.1, 0.15) is 18.9 Å². The Labute approximate surface area is 191 Å². The van der Waals surface area contributed by atoms with Gasteiger partial charge in [0.15, 0.2) is 0 Å². The Morgan fingerprint density at radius 2 is 1.82 bits per heavy atom. The zero-order chi connectivity index (χ0) is 23.5. The van der Waals surface area contributed by atoms with Gasteiger partial charge in [0.25, 0.3) is 0 Å². The molecule has 2 aromatic rings. The number of fused-ring (bicyclic) bond motifs is 1. The lowest BCUT2D eigenvalue weighted by Gasteiger charge is -2.39. The Balaban J connectivity index is 1.77. The number of benzene rings is 2. The van der Waals surface area contributed by atoms with E-state index in [0.717, 1.165) is 11.1 Å². The van der Waals surface area contributed by atoms with E-state index in [-0.39, 0.29) is 18.3 Å². The molecule has 8 heteroatoms. The van der Waals surface area contributed by atoms with Gasteiger partial charge in [-0.2, -0.15) is 0 Å². The van der Waals surface area contributed by atoms with Crippen molar-refractivity contribution < 1.29 is 23.5 Å². The average Bonchev–Trinajstić information content (AvgIpc) is 3.03. The molecule has 1 heterocycles. The minimum Gasteiger partial charge on any atom is -0.452 e. The van der Waals surface area contributed by atoms with Gasteiger partial charge in [0.1, 0.15) is 11.6 Å². The van der Waals surface area contributed by atoms with Gasteiger partial charge in [-0.1, -0.05) is 30.4 Å². The van der Waals surface area contributed by atoms with E-state index in [0.29, 0.717) is 23.5 Å². The van der Waals surface area contributed by atoms with Crippen LogP contribution >= 0.6 is 0 Å². The lowest BCUT2D eigenvalue weighted by atomic mass is 9.99. The van der Waals surface area contributed by atoms with E-state index in [1.807, 2.05) is 37.3 Å². The van der Waals surface area contributed by atoms with E-state index in [4.69, 9.17) is 15.2 Å². The van der Waals surface area contributed by atoms with E-state index in [1.165, 1.54) is 41.2 Å². The number of methoxy groups -OCH3 is 1. The molecule has 0 spiro atoms. The van der Waals surface area contributed by atoms with Gasteiger partial charge in [-0.05, 0) is 48.9 Å². The summed E-state index contributed by atoms with van der Waals surface area (Å²) in [4.78, 5) is 28.6. The first kappa shape index (κ1) is 22.1. The fourth-order valence-electron chi connectivity index (χ4n) is 3.92. The number of halogens is 1. The van der Waals surface area contributed by atoms with Crippen molar-refractivity contribution in [2.75, 3.05) is 23.5 Å². The maximum absolute atomic E-state index is 13.2. The number of rotatable bonds is 2. The molecule has 1 aliphatic carbocycles. The van der Waals surface area contributed by atoms with Crippen molar-refractivity contribution in [1.82, 2.24) is 0 Å². The predicted molar refractivity (Wildman–Crippen MR) is 125 cm³/mol. The molecule has 4 rings (SSSR count). The molecule has 170 valence electrons. The summed E-state index contributed by atoms with van der Waals surface area (Å²) < 4.78 is 23.7. The number of hydrogen-bond acceptors (Lipinski definition) is 5. The summed E-state index contributed by atoms with van der Waals surface area (Å²) >= 11 is 0. The number of nitrogens with two attached hydrogens (primary N) is 1. The van der Waals surface area contributed by atoms with Crippen LogP contribution in [0, 0.1) is 5.82 Å². The maximum Gasteiger partial charge on any atom is 0.419 e. The van der Waals surface area contributed by atoms with Gasteiger partial charge in [-0.25, -0.2) is 14.0 Å². The molecular formula is C25H24FN3O4. The van der Waals surface area contributed by atoms with Crippen LogP contribution in [0.5, 0.6) is 5.75 Å². The maximum atomic E-state index is 13.2. The molecule has 0 aromatic heterocycles. The molecule has 33 heavy (non-hydrogen) atoms. The molecule has 1 aliphatic heterocycles.